The second-order valence-electron chi connectivity index (χ2n) is 10.2. The quantitative estimate of drug-likeness (QED) is 0.216. The third-order valence-corrected chi connectivity index (χ3v) is 5.43. The predicted molar refractivity (Wildman–Crippen MR) is 122 cm³/mol. The summed E-state index contributed by atoms with van der Waals surface area (Å²) in [6.07, 6.45) is 12.2. The first kappa shape index (κ1) is 27.6. The fraction of sp³-hybridized carbons (Fsp3) is 0.920. The highest BCUT2D eigenvalue weighted by atomic mass is 16.7. The zero-order valence-corrected chi connectivity index (χ0v) is 20.6. The van der Waals surface area contributed by atoms with E-state index in [2.05, 4.69) is 13.8 Å². The van der Waals surface area contributed by atoms with Gasteiger partial charge in [-0.15, -0.1) is 0 Å². The number of carbonyl (C=O) groups is 2. The maximum absolute atomic E-state index is 11.9. The summed E-state index contributed by atoms with van der Waals surface area (Å²) in [6, 6.07) is 0. The Balaban J connectivity index is 1.96. The minimum atomic E-state index is -0.637. The molecule has 31 heavy (non-hydrogen) atoms. The summed E-state index contributed by atoms with van der Waals surface area (Å²) < 4.78 is 21.1. The molecule has 1 rings (SSSR count). The first-order chi connectivity index (χ1) is 14.7. The molecule has 0 amide bonds. The normalized spacial score (nSPS) is 19.2. The number of ether oxygens (including phenoxy) is 4. The lowest BCUT2D eigenvalue weighted by Gasteiger charge is -2.28. The van der Waals surface area contributed by atoms with Gasteiger partial charge in [-0.2, -0.15) is 0 Å². The monoisotopic (exact) mass is 442 g/mol. The second kappa shape index (κ2) is 15.4. The molecule has 6 heteroatoms. The van der Waals surface area contributed by atoms with Crippen LogP contribution in [0.4, 0.5) is 9.59 Å². The smallest absolute Gasteiger partial charge is 0.434 e. The molecule has 0 aromatic rings. The Morgan fingerprint density at radius 3 is 1.68 bits per heavy atom. The Hall–Kier alpha value is -1.46. The molecule has 1 fully saturated rings. The maximum atomic E-state index is 11.9. The SMILES string of the molecule is CC(C)CCCCCCCCCCOC(=O)OC1CCC(OC(=O)OC(C)(C)C)CC1. The Kier molecular flexibility index (Phi) is 13.7. The van der Waals surface area contributed by atoms with Crippen molar-refractivity contribution in [2.75, 3.05) is 6.61 Å². The summed E-state index contributed by atoms with van der Waals surface area (Å²) >= 11 is 0. The molecule has 0 unspecified atom stereocenters. The molecular formula is C25H46O6. The lowest BCUT2D eigenvalue weighted by molar-refractivity contribution is -0.0494. The van der Waals surface area contributed by atoms with Crippen LogP contribution in [0.5, 0.6) is 0 Å². The number of hydrogen-bond acceptors (Lipinski definition) is 6. The van der Waals surface area contributed by atoms with Gasteiger partial charge >= 0.3 is 12.3 Å². The number of unbranched alkanes of at least 4 members (excludes halogenated alkanes) is 7. The average Bonchev–Trinajstić information content (AvgIpc) is 2.66. The Labute approximate surface area is 189 Å². The van der Waals surface area contributed by atoms with Gasteiger partial charge in [0.1, 0.15) is 17.8 Å². The van der Waals surface area contributed by atoms with Gasteiger partial charge in [-0.1, -0.05) is 65.2 Å². The minimum absolute atomic E-state index is 0.165. The standard InChI is InChI=1S/C25H46O6/c1-20(2)14-12-10-8-6-7-9-11-13-19-28-23(26)29-21-15-17-22(18-16-21)30-24(27)31-25(3,4)5/h20-22H,6-19H2,1-5H3. The van der Waals surface area contributed by atoms with E-state index in [1.165, 1.54) is 44.9 Å². The van der Waals surface area contributed by atoms with Gasteiger partial charge in [0.15, 0.2) is 0 Å². The Morgan fingerprint density at radius 1 is 0.742 bits per heavy atom. The van der Waals surface area contributed by atoms with Crippen LogP contribution in [-0.4, -0.2) is 36.7 Å². The van der Waals surface area contributed by atoms with Crippen LogP contribution in [0.15, 0.2) is 0 Å². The van der Waals surface area contributed by atoms with Crippen molar-refractivity contribution < 1.29 is 28.5 Å². The fourth-order valence-electron chi connectivity index (χ4n) is 3.72. The third-order valence-electron chi connectivity index (χ3n) is 5.43. The molecule has 1 aliphatic carbocycles. The van der Waals surface area contributed by atoms with E-state index in [0.29, 0.717) is 32.3 Å². The van der Waals surface area contributed by atoms with Crippen LogP contribution in [0.1, 0.15) is 118 Å². The van der Waals surface area contributed by atoms with Crippen molar-refractivity contribution in [3.05, 3.63) is 0 Å². The lowest BCUT2D eigenvalue weighted by Crippen LogP contribution is -2.32. The molecular weight excluding hydrogens is 396 g/mol. The van der Waals surface area contributed by atoms with Gasteiger partial charge < -0.3 is 18.9 Å². The van der Waals surface area contributed by atoms with E-state index in [0.717, 1.165) is 18.8 Å². The number of carbonyl (C=O) groups excluding carboxylic acids is 2. The minimum Gasteiger partial charge on any atom is -0.434 e. The molecule has 1 saturated carbocycles. The van der Waals surface area contributed by atoms with Crippen LogP contribution < -0.4 is 0 Å². The maximum Gasteiger partial charge on any atom is 0.509 e. The van der Waals surface area contributed by atoms with Gasteiger partial charge in [-0.25, -0.2) is 9.59 Å². The number of rotatable bonds is 13. The van der Waals surface area contributed by atoms with Crippen LogP contribution in [0.3, 0.4) is 0 Å². The van der Waals surface area contributed by atoms with E-state index in [9.17, 15) is 9.59 Å². The molecule has 0 atom stereocenters. The van der Waals surface area contributed by atoms with Gasteiger partial charge in [0.2, 0.25) is 0 Å². The first-order valence-electron chi connectivity index (χ1n) is 12.4. The van der Waals surface area contributed by atoms with Gasteiger partial charge in [0, 0.05) is 0 Å². The highest BCUT2D eigenvalue weighted by Gasteiger charge is 2.28. The predicted octanol–water partition coefficient (Wildman–Crippen LogP) is 7.57. The molecule has 0 aliphatic heterocycles. The van der Waals surface area contributed by atoms with Crippen LogP contribution in [0.25, 0.3) is 0 Å². The number of hydrogen-bond donors (Lipinski definition) is 0. The molecule has 0 spiro atoms. The first-order valence-corrected chi connectivity index (χ1v) is 12.4. The van der Waals surface area contributed by atoms with E-state index in [1.54, 1.807) is 20.8 Å². The average molecular weight is 443 g/mol. The third kappa shape index (κ3) is 15.9. The van der Waals surface area contributed by atoms with Crippen LogP contribution >= 0.6 is 0 Å². The van der Waals surface area contributed by atoms with Crippen LogP contribution in [-0.2, 0) is 18.9 Å². The van der Waals surface area contributed by atoms with E-state index < -0.39 is 17.9 Å². The topological polar surface area (TPSA) is 71.1 Å². The summed E-state index contributed by atoms with van der Waals surface area (Å²) in [7, 11) is 0. The summed E-state index contributed by atoms with van der Waals surface area (Å²) in [5.41, 5.74) is -0.561. The molecule has 182 valence electrons. The van der Waals surface area contributed by atoms with Crippen molar-refractivity contribution in [3.63, 3.8) is 0 Å². The summed E-state index contributed by atoms with van der Waals surface area (Å²) in [6.45, 7) is 10.4. The van der Waals surface area contributed by atoms with E-state index in [-0.39, 0.29) is 12.2 Å². The van der Waals surface area contributed by atoms with Crippen molar-refractivity contribution in [3.8, 4) is 0 Å². The van der Waals surface area contributed by atoms with Crippen molar-refractivity contribution in [1.82, 2.24) is 0 Å². The molecule has 0 saturated heterocycles. The second-order valence-corrected chi connectivity index (χ2v) is 10.2. The van der Waals surface area contributed by atoms with E-state index in [1.807, 2.05) is 0 Å². The molecule has 0 aromatic carbocycles. The van der Waals surface area contributed by atoms with E-state index >= 15 is 0 Å². The summed E-state index contributed by atoms with van der Waals surface area (Å²) in [5, 5.41) is 0. The molecule has 6 nitrogen and oxygen atoms in total. The summed E-state index contributed by atoms with van der Waals surface area (Å²) in [5.74, 6) is 0.819. The van der Waals surface area contributed by atoms with Crippen LogP contribution in [0.2, 0.25) is 0 Å². The zero-order chi connectivity index (χ0) is 23.1. The molecule has 0 radical (unpaired) electrons. The lowest BCUT2D eigenvalue weighted by atomic mass is 9.95. The van der Waals surface area contributed by atoms with Crippen molar-refractivity contribution >= 4 is 12.3 Å². The van der Waals surface area contributed by atoms with Crippen molar-refractivity contribution in [2.45, 2.75) is 136 Å². The molecule has 0 heterocycles. The van der Waals surface area contributed by atoms with Crippen molar-refractivity contribution in [2.24, 2.45) is 5.92 Å². The van der Waals surface area contributed by atoms with Crippen LogP contribution in [0, 0.1) is 5.92 Å². The van der Waals surface area contributed by atoms with Gasteiger partial charge in [-0.05, 0) is 58.8 Å². The van der Waals surface area contributed by atoms with Gasteiger partial charge in [0.05, 0.1) is 6.61 Å². The van der Waals surface area contributed by atoms with Gasteiger partial charge in [-0.3, -0.25) is 0 Å². The Morgan fingerprint density at radius 2 is 1.19 bits per heavy atom. The highest BCUT2D eigenvalue weighted by molar-refractivity contribution is 5.61. The zero-order valence-electron chi connectivity index (χ0n) is 20.6. The molecule has 0 aromatic heterocycles. The van der Waals surface area contributed by atoms with Crippen molar-refractivity contribution in [1.29, 1.82) is 0 Å². The molecule has 0 bridgehead atoms. The molecule has 1 aliphatic rings. The highest BCUT2D eigenvalue weighted by Crippen LogP contribution is 2.25. The van der Waals surface area contributed by atoms with E-state index in [4.69, 9.17) is 18.9 Å². The summed E-state index contributed by atoms with van der Waals surface area (Å²) in [4.78, 5) is 23.6. The Bertz CT molecular complexity index is 489. The fourth-order valence-corrected chi connectivity index (χ4v) is 3.72. The van der Waals surface area contributed by atoms with Gasteiger partial charge in [0.25, 0.3) is 0 Å². The largest absolute Gasteiger partial charge is 0.509 e. The molecule has 0 N–H and O–H groups in total.